The van der Waals surface area contributed by atoms with Gasteiger partial charge in [0.1, 0.15) is 33.3 Å². The number of fused-ring (bicyclic) bond motifs is 1. The molecule has 0 aliphatic rings. The number of esters is 1. The highest BCUT2D eigenvalue weighted by molar-refractivity contribution is 6.35. The number of nitrogens with zero attached hydrogens (tertiary/aromatic N) is 1. The number of aliphatic hydroxyl groups excluding tert-OH is 1. The summed E-state index contributed by atoms with van der Waals surface area (Å²) in [7, 11) is 2.94. The van der Waals surface area contributed by atoms with Crippen LogP contribution in [0.25, 0.3) is 16.6 Å². The fourth-order valence-electron chi connectivity index (χ4n) is 4.40. The highest BCUT2D eigenvalue weighted by atomic mass is 35.5. The van der Waals surface area contributed by atoms with Crippen LogP contribution in [0.1, 0.15) is 28.4 Å². The summed E-state index contributed by atoms with van der Waals surface area (Å²) in [6.45, 7) is 0.636. The van der Waals surface area contributed by atoms with E-state index in [1.165, 1.54) is 32.4 Å². The van der Waals surface area contributed by atoms with Crippen molar-refractivity contribution in [3.63, 3.8) is 0 Å². The standard InChI is InChI=1S/C28H23ClF3N3O7/c1-4-42-28(38)16-11-35(26-21(27(16)37)25(34-39)24(32)23(31)22(26)29)19-9-18(17(30)7-14(19)12-36)33-10-13-5-6-15(40-2)8-20(13)41-3/h5-9,11,33,36H,4,10,12H2,1-3H3/p+1. The number of ether oxygens (including phenoxy) is 3. The van der Waals surface area contributed by atoms with Crippen LogP contribution in [-0.4, -0.2) is 36.5 Å². The van der Waals surface area contributed by atoms with Crippen molar-refractivity contribution < 1.29 is 42.5 Å². The normalized spacial score (nSPS) is 11.0. The van der Waals surface area contributed by atoms with E-state index in [0.29, 0.717) is 17.1 Å². The van der Waals surface area contributed by atoms with Crippen LogP contribution in [0.5, 0.6) is 11.5 Å². The van der Waals surface area contributed by atoms with Crippen molar-refractivity contribution in [2.75, 3.05) is 26.1 Å². The number of anilines is 1. The lowest BCUT2D eigenvalue weighted by atomic mass is 10.1. The molecule has 0 spiro atoms. The predicted octanol–water partition coefficient (Wildman–Crippen LogP) is 3.84. The van der Waals surface area contributed by atoms with Gasteiger partial charge in [0.25, 0.3) is 0 Å². The number of methoxy groups -OCH3 is 2. The summed E-state index contributed by atoms with van der Waals surface area (Å²) in [6, 6.07) is 7.18. The van der Waals surface area contributed by atoms with E-state index < -0.39 is 62.6 Å². The van der Waals surface area contributed by atoms with Gasteiger partial charge in [0, 0.05) is 40.0 Å². The summed E-state index contributed by atoms with van der Waals surface area (Å²) in [5, 5.41) is 12.5. The van der Waals surface area contributed by atoms with Crippen molar-refractivity contribution in [2.24, 2.45) is 0 Å². The van der Waals surface area contributed by atoms with Crippen LogP contribution in [0.15, 0.2) is 41.3 Å². The fourth-order valence-corrected chi connectivity index (χ4v) is 4.67. The number of aromatic nitrogens is 1. The number of carbonyl (C=O) groups excluding carboxylic acids is 1. The minimum Gasteiger partial charge on any atom is -0.497 e. The molecule has 0 bridgehead atoms. The Morgan fingerprint density at radius 3 is 2.45 bits per heavy atom. The Hall–Kier alpha value is -4.62. The molecule has 0 saturated heterocycles. The summed E-state index contributed by atoms with van der Waals surface area (Å²) < 4.78 is 61.2. The fraction of sp³-hybridized carbons (Fsp3) is 0.214. The number of aliphatic hydroxyl groups is 1. The molecule has 0 aliphatic carbocycles. The monoisotopic (exact) mass is 606 g/mol. The number of pyridine rings is 1. The molecule has 0 saturated carbocycles. The highest BCUT2D eigenvalue weighted by Gasteiger charge is 2.31. The van der Waals surface area contributed by atoms with Crippen molar-refractivity contribution in [1.29, 1.82) is 0 Å². The van der Waals surface area contributed by atoms with Crippen LogP contribution in [0.3, 0.4) is 0 Å². The molecule has 0 atom stereocenters. The molecule has 0 aliphatic heterocycles. The molecule has 4 rings (SSSR count). The number of nitroso groups, excluding NO2 is 1. The molecule has 3 aromatic carbocycles. The van der Waals surface area contributed by atoms with Crippen LogP contribution in [0.4, 0.5) is 24.5 Å². The summed E-state index contributed by atoms with van der Waals surface area (Å²) in [5.41, 5.74) is -3.11. The molecular formula is C28H24ClF3N3O7+. The van der Waals surface area contributed by atoms with Gasteiger partial charge in [-0.15, -0.1) is 0 Å². The van der Waals surface area contributed by atoms with Gasteiger partial charge < -0.3 is 29.2 Å². The third kappa shape index (κ3) is 5.35. The Bertz CT molecular complexity index is 1780. The van der Waals surface area contributed by atoms with Gasteiger partial charge in [-0.3, -0.25) is 4.79 Å². The zero-order valence-corrected chi connectivity index (χ0v) is 23.2. The second kappa shape index (κ2) is 12.5. The van der Waals surface area contributed by atoms with E-state index in [9.17, 15) is 28.4 Å². The average Bonchev–Trinajstić information content (AvgIpc) is 2.99. The van der Waals surface area contributed by atoms with E-state index >= 15 is 4.39 Å². The Labute approximate surface area is 241 Å². The number of carbonyl (C=O) groups is 1. The largest absolute Gasteiger partial charge is 0.497 e. The van der Waals surface area contributed by atoms with Crippen LogP contribution >= 0.6 is 11.6 Å². The number of benzene rings is 3. The van der Waals surface area contributed by atoms with Gasteiger partial charge in [0.2, 0.25) is 11.2 Å². The second-order valence-electron chi connectivity index (χ2n) is 8.76. The van der Waals surface area contributed by atoms with E-state index in [1.54, 1.807) is 18.2 Å². The maximum Gasteiger partial charge on any atom is 0.343 e. The molecule has 0 amide bonds. The molecule has 3 N–H and O–H groups in total. The molecule has 1 aromatic heterocycles. The van der Waals surface area contributed by atoms with Crippen LogP contribution in [-0.2, 0) is 17.9 Å². The number of nitrogens with one attached hydrogen (secondary N) is 2. The van der Waals surface area contributed by atoms with Gasteiger partial charge in [-0.2, -0.15) is 4.39 Å². The molecule has 42 heavy (non-hydrogen) atoms. The smallest absolute Gasteiger partial charge is 0.343 e. The van der Waals surface area contributed by atoms with Crippen LogP contribution < -0.4 is 25.4 Å². The Morgan fingerprint density at radius 1 is 1.10 bits per heavy atom. The molecule has 4 aromatic rings. The first-order chi connectivity index (χ1) is 20.1. The van der Waals surface area contributed by atoms with Gasteiger partial charge in [-0.1, -0.05) is 11.6 Å². The first kappa shape index (κ1) is 30.3. The van der Waals surface area contributed by atoms with Gasteiger partial charge in [-0.05, 0) is 31.2 Å². The van der Waals surface area contributed by atoms with E-state index in [-0.39, 0.29) is 30.1 Å². The Morgan fingerprint density at radius 2 is 1.83 bits per heavy atom. The number of halogens is 4. The number of rotatable bonds is 10. The molecule has 0 fully saturated rings. The van der Waals surface area contributed by atoms with Crippen molar-refractivity contribution in [3.05, 3.63) is 90.8 Å². The predicted molar refractivity (Wildman–Crippen MR) is 147 cm³/mol. The van der Waals surface area contributed by atoms with Gasteiger partial charge >= 0.3 is 11.7 Å². The van der Waals surface area contributed by atoms with Crippen molar-refractivity contribution in [3.8, 4) is 17.2 Å². The molecule has 220 valence electrons. The Balaban J connectivity index is 1.99. The van der Waals surface area contributed by atoms with E-state index in [0.717, 1.165) is 16.8 Å². The first-order valence-electron chi connectivity index (χ1n) is 12.3. The average molecular weight is 607 g/mol. The Kier molecular flexibility index (Phi) is 9.02. The van der Waals surface area contributed by atoms with Gasteiger partial charge in [-0.25, -0.2) is 13.6 Å². The molecule has 1 heterocycles. The zero-order valence-electron chi connectivity index (χ0n) is 22.4. The van der Waals surface area contributed by atoms with Crippen LogP contribution in [0, 0.1) is 22.4 Å². The molecular weight excluding hydrogens is 583 g/mol. The summed E-state index contributed by atoms with van der Waals surface area (Å²) >= 11 is 6.15. The molecule has 0 unspecified atom stereocenters. The van der Waals surface area contributed by atoms with Gasteiger partial charge in [0.05, 0.1) is 44.3 Å². The summed E-state index contributed by atoms with van der Waals surface area (Å²) in [6.07, 6.45) is 0.934. The minimum absolute atomic E-state index is 0.0475. The van der Waals surface area contributed by atoms with E-state index in [1.807, 2.05) is 0 Å². The first-order valence-corrected chi connectivity index (χ1v) is 12.7. The summed E-state index contributed by atoms with van der Waals surface area (Å²) in [4.78, 5) is 37.7. The topological polar surface area (TPSA) is 130 Å². The minimum atomic E-state index is -1.75. The highest BCUT2D eigenvalue weighted by Crippen LogP contribution is 2.35. The van der Waals surface area contributed by atoms with Crippen molar-refractivity contribution >= 4 is 39.8 Å². The maximum absolute atomic E-state index is 15.2. The van der Waals surface area contributed by atoms with Crippen molar-refractivity contribution in [1.82, 2.24) is 4.57 Å². The SMILES string of the molecule is CCOC(=O)c1cn(-c2cc(NCc3ccc(OC)cc3OC)c(F)cc2CO)c2c(Cl)c(F)c(F)c([NH+]=O)c2c1=O. The van der Waals surface area contributed by atoms with Gasteiger partial charge in [0.15, 0.2) is 5.82 Å². The van der Waals surface area contributed by atoms with Crippen molar-refractivity contribution in [2.45, 2.75) is 20.1 Å². The lowest BCUT2D eigenvalue weighted by Gasteiger charge is -2.19. The number of hydrogen-bond acceptors (Lipinski definition) is 8. The zero-order chi connectivity index (χ0) is 30.7. The molecule has 0 radical (unpaired) electrons. The van der Waals surface area contributed by atoms with E-state index in [2.05, 4.69) is 5.32 Å². The lowest BCUT2D eigenvalue weighted by molar-refractivity contribution is -0.380. The third-order valence-electron chi connectivity index (χ3n) is 6.43. The quantitative estimate of drug-likeness (QED) is 0.183. The molecule has 14 heteroatoms. The lowest BCUT2D eigenvalue weighted by Crippen LogP contribution is -2.57. The van der Waals surface area contributed by atoms with Crippen LogP contribution in [0.2, 0.25) is 5.02 Å². The third-order valence-corrected chi connectivity index (χ3v) is 6.77. The molecule has 10 nitrogen and oxygen atoms in total. The number of hydrogen-bond donors (Lipinski definition) is 3. The summed E-state index contributed by atoms with van der Waals surface area (Å²) in [5.74, 6) is -4.35. The van der Waals surface area contributed by atoms with E-state index in [4.69, 9.17) is 25.8 Å². The maximum atomic E-state index is 15.2. The second-order valence-corrected chi connectivity index (χ2v) is 9.13.